The number of allylic oxidation sites excluding steroid dienone is 2. The molecule has 0 N–H and O–H groups in total. The fourth-order valence-corrected chi connectivity index (χ4v) is 7.67. The molecule has 8 rings (SSSR count). The summed E-state index contributed by atoms with van der Waals surface area (Å²) in [7, 11) is 0. The molecule has 0 unspecified atom stereocenters. The van der Waals surface area contributed by atoms with E-state index in [-0.39, 0.29) is 0 Å². The molecule has 0 spiro atoms. The van der Waals surface area contributed by atoms with Crippen LogP contribution in [0.2, 0.25) is 0 Å². The van der Waals surface area contributed by atoms with E-state index < -0.39 is 0 Å². The smallest absolute Gasteiger partial charge is 0.0552 e. The number of benzene rings is 8. The predicted octanol–water partition coefficient (Wildman–Crippen LogP) is 14.3. The molecule has 0 radical (unpaired) electrons. The first-order valence-corrected chi connectivity index (χ1v) is 17.7. The highest BCUT2D eigenvalue weighted by molar-refractivity contribution is 6.24. The Kier molecular flexibility index (Phi) is 8.42. The second-order valence-electron chi connectivity index (χ2n) is 13.1. The molecule has 0 heterocycles. The molecule has 0 aliphatic carbocycles. The average Bonchev–Trinajstić information content (AvgIpc) is 3.16. The molecule has 0 aromatic heterocycles. The van der Waals surface area contributed by atoms with E-state index in [0.29, 0.717) is 0 Å². The third-order valence-electron chi connectivity index (χ3n) is 9.90. The second kappa shape index (κ2) is 13.5. The molecule has 1 nitrogen and oxygen atoms in total. The van der Waals surface area contributed by atoms with E-state index in [1.165, 1.54) is 71.1 Å². The first-order chi connectivity index (χ1) is 24.2. The van der Waals surface area contributed by atoms with Crippen LogP contribution in [0.1, 0.15) is 50.7 Å². The van der Waals surface area contributed by atoms with E-state index in [9.17, 15) is 0 Å². The molecule has 238 valence electrons. The first-order valence-electron chi connectivity index (χ1n) is 17.7. The van der Waals surface area contributed by atoms with Gasteiger partial charge in [-0.3, -0.25) is 0 Å². The van der Waals surface area contributed by atoms with Crippen LogP contribution in [-0.2, 0) is 0 Å². The minimum Gasteiger partial charge on any atom is -0.310 e. The fourth-order valence-electron chi connectivity index (χ4n) is 7.67. The molecule has 0 aliphatic rings. The highest BCUT2D eigenvalue weighted by Gasteiger charge is 2.20. The summed E-state index contributed by atoms with van der Waals surface area (Å²) in [6.07, 6.45) is 4.30. The molecule has 1 heteroatoms. The molecular weight excluding hydrogens is 591 g/mol. The maximum Gasteiger partial charge on any atom is 0.0552 e. The zero-order chi connectivity index (χ0) is 33.2. The first kappa shape index (κ1) is 30.7. The van der Waals surface area contributed by atoms with Crippen molar-refractivity contribution in [1.29, 1.82) is 0 Å². The molecule has 0 atom stereocenters. The van der Waals surface area contributed by atoms with Gasteiger partial charge in [-0.25, -0.2) is 0 Å². The molecule has 0 bridgehead atoms. The van der Waals surface area contributed by atoms with Crippen molar-refractivity contribution in [2.75, 3.05) is 4.90 Å². The maximum absolute atomic E-state index is 2.48. The molecule has 0 amide bonds. The van der Waals surface area contributed by atoms with E-state index in [0.717, 1.165) is 37.1 Å². The quantitative estimate of drug-likeness (QED) is 0.113. The van der Waals surface area contributed by atoms with Crippen molar-refractivity contribution in [2.24, 2.45) is 0 Å². The van der Waals surface area contributed by atoms with Gasteiger partial charge in [0.2, 0.25) is 0 Å². The van der Waals surface area contributed by atoms with Crippen molar-refractivity contribution >= 4 is 71.3 Å². The number of hydrogen-bond donors (Lipinski definition) is 0. The van der Waals surface area contributed by atoms with Crippen LogP contribution in [0.15, 0.2) is 164 Å². The average molecular weight is 632 g/mol. The molecule has 0 fully saturated rings. The Balaban J connectivity index is 1.41. The standard InChI is InChI=1S/C48H41N/c1-3-15-42(37-26-25-34-17-11-12-19-36(34)31-37)43(16-4-2)38-27-28-39-33-47(49(40-20-7-5-8-21-40)41-22-9-6-10-23-41)48-44-24-14-13-18-35(44)29-30-45(48)46(39)32-38/h5-14,17-33H,3-4,15-16H2,1-2H3/b43-42+. The lowest BCUT2D eigenvalue weighted by Crippen LogP contribution is -2.10. The number of nitrogens with zero attached hydrogens (tertiary/aromatic N) is 1. The van der Waals surface area contributed by atoms with Gasteiger partial charge in [-0.15, -0.1) is 0 Å². The van der Waals surface area contributed by atoms with Crippen molar-refractivity contribution in [3.8, 4) is 0 Å². The van der Waals surface area contributed by atoms with Crippen LogP contribution in [-0.4, -0.2) is 0 Å². The Labute approximate surface area is 289 Å². The van der Waals surface area contributed by atoms with Crippen LogP contribution in [0.25, 0.3) is 54.2 Å². The van der Waals surface area contributed by atoms with Gasteiger partial charge in [0.15, 0.2) is 0 Å². The van der Waals surface area contributed by atoms with Gasteiger partial charge in [-0.05, 0) is 115 Å². The van der Waals surface area contributed by atoms with Gasteiger partial charge in [0.05, 0.1) is 5.69 Å². The Bertz CT molecular complexity index is 2420. The molecule has 49 heavy (non-hydrogen) atoms. The largest absolute Gasteiger partial charge is 0.310 e. The van der Waals surface area contributed by atoms with Gasteiger partial charge in [0.25, 0.3) is 0 Å². The third-order valence-corrected chi connectivity index (χ3v) is 9.90. The topological polar surface area (TPSA) is 3.24 Å². The second-order valence-corrected chi connectivity index (χ2v) is 13.1. The highest BCUT2D eigenvalue weighted by atomic mass is 15.1. The van der Waals surface area contributed by atoms with Gasteiger partial charge in [0, 0.05) is 16.8 Å². The zero-order valence-electron chi connectivity index (χ0n) is 28.4. The minimum atomic E-state index is 1.04. The summed E-state index contributed by atoms with van der Waals surface area (Å²) in [6.45, 7) is 4.61. The van der Waals surface area contributed by atoms with Crippen molar-refractivity contribution in [3.05, 3.63) is 175 Å². The van der Waals surface area contributed by atoms with Crippen LogP contribution in [0.3, 0.4) is 0 Å². The number of para-hydroxylation sites is 2. The number of rotatable bonds is 9. The molecule has 0 saturated carbocycles. The van der Waals surface area contributed by atoms with Crippen molar-refractivity contribution in [1.82, 2.24) is 0 Å². The van der Waals surface area contributed by atoms with Gasteiger partial charge in [0.1, 0.15) is 0 Å². The van der Waals surface area contributed by atoms with E-state index in [1.807, 2.05) is 0 Å². The Morgan fingerprint density at radius 1 is 0.408 bits per heavy atom. The number of hydrogen-bond acceptors (Lipinski definition) is 1. The van der Waals surface area contributed by atoms with Crippen LogP contribution < -0.4 is 4.90 Å². The van der Waals surface area contributed by atoms with Crippen LogP contribution >= 0.6 is 0 Å². The Morgan fingerprint density at radius 2 is 0.939 bits per heavy atom. The molecular formula is C48H41N. The summed E-state index contributed by atoms with van der Waals surface area (Å²) < 4.78 is 0. The summed E-state index contributed by atoms with van der Waals surface area (Å²) in [5.74, 6) is 0. The predicted molar refractivity (Wildman–Crippen MR) is 214 cm³/mol. The summed E-state index contributed by atoms with van der Waals surface area (Å²) in [5, 5.41) is 10.2. The third kappa shape index (κ3) is 5.76. The lowest BCUT2D eigenvalue weighted by atomic mass is 9.86. The maximum atomic E-state index is 2.48. The molecule has 0 saturated heterocycles. The fraction of sp³-hybridized carbons (Fsp3) is 0.125. The summed E-state index contributed by atoms with van der Waals surface area (Å²) in [6, 6.07) is 60.4. The van der Waals surface area contributed by atoms with E-state index >= 15 is 0 Å². The van der Waals surface area contributed by atoms with E-state index in [2.05, 4.69) is 183 Å². The van der Waals surface area contributed by atoms with Gasteiger partial charge in [-0.2, -0.15) is 0 Å². The van der Waals surface area contributed by atoms with Crippen LogP contribution in [0.4, 0.5) is 17.1 Å². The lowest BCUT2D eigenvalue weighted by Gasteiger charge is -2.28. The number of anilines is 3. The molecule has 8 aromatic carbocycles. The van der Waals surface area contributed by atoms with Crippen molar-refractivity contribution < 1.29 is 0 Å². The SMILES string of the molecule is CCC/C(=C(/CCC)c1ccc2cc(N(c3ccccc3)c3ccccc3)c3c4ccccc4ccc3c2c1)c1ccc2ccccc2c1. The summed E-state index contributed by atoms with van der Waals surface area (Å²) >= 11 is 0. The van der Waals surface area contributed by atoms with Gasteiger partial charge >= 0.3 is 0 Å². The van der Waals surface area contributed by atoms with Gasteiger partial charge in [-0.1, -0.05) is 148 Å². The van der Waals surface area contributed by atoms with Crippen LogP contribution in [0, 0.1) is 0 Å². The monoisotopic (exact) mass is 631 g/mol. The summed E-state index contributed by atoms with van der Waals surface area (Å²) in [5.41, 5.74) is 9.10. The van der Waals surface area contributed by atoms with Crippen molar-refractivity contribution in [2.45, 2.75) is 39.5 Å². The van der Waals surface area contributed by atoms with Gasteiger partial charge < -0.3 is 4.90 Å². The lowest BCUT2D eigenvalue weighted by molar-refractivity contribution is 0.945. The highest BCUT2D eigenvalue weighted by Crippen LogP contribution is 2.45. The van der Waals surface area contributed by atoms with Crippen LogP contribution in [0.5, 0.6) is 0 Å². The Morgan fingerprint density at radius 3 is 1.59 bits per heavy atom. The number of fused-ring (bicyclic) bond motifs is 6. The van der Waals surface area contributed by atoms with Crippen molar-refractivity contribution in [3.63, 3.8) is 0 Å². The van der Waals surface area contributed by atoms with E-state index in [1.54, 1.807) is 0 Å². The van der Waals surface area contributed by atoms with E-state index in [4.69, 9.17) is 0 Å². The summed E-state index contributed by atoms with van der Waals surface area (Å²) in [4.78, 5) is 2.42. The minimum absolute atomic E-state index is 1.04. The molecule has 8 aromatic rings. The normalized spacial score (nSPS) is 12.1. The zero-order valence-corrected chi connectivity index (χ0v) is 28.4. The molecule has 0 aliphatic heterocycles. The Hall–Kier alpha value is -5.66.